The minimum atomic E-state index is 0.472. The topological polar surface area (TPSA) is 38.0 Å². The summed E-state index contributed by atoms with van der Waals surface area (Å²) >= 11 is 0. The molecule has 0 spiro atoms. The van der Waals surface area contributed by atoms with Gasteiger partial charge in [0.25, 0.3) is 0 Å². The number of rotatable bonds is 3. The minimum absolute atomic E-state index is 0.472. The van der Waals surface area contributed by atoms with Crippen molar-refractivity contribution in [3.63, 3.8) is 0 Å². The van der Waals surface area contributed by atoms with Crippen molar-refractivity contribution in [2.75, 3.05) is 13.6 Å². The number of nitrogens with one attached hydrogen (secondary N) is 1. The molecule has 0 aromatic carbocycles. The van der Waals surface area contributed by atoms with Crippen molar-refractivity contribution in [3.8, 4) is 0 Å². The standard InChI is InChI=1S/C6H12N2/c1-5(4-7)6(2)8-3/h8H,1-2,4,7H2,3H3. The van der Waals surface area contributed by atoms with Crippen LogP contribution in [0.5, 0.6) is 0 Å². The van der Waals surface area contributed by atoms with Crippen molar-refractivity contribution in [2.45, 2.75) is 0 Å². The molecule has 0 radical (unpaired) electrons. The maximum Gasteiger partial charge on any atom is 0.0304 e. The minimum Gasteiger partial charge on any atom is -0.388 e. The third kappa shape index (κ3) is 1.80. The highest BCUT2D eigenvalue weighted by Crippen LogP contribution is 1.94. The Morgan fingerprint density at radius 1 is 1.62 bits per heavy atom. The van der Waals surface area contributed by atoms with Crippen LogP contribution in [0.4, 0.5) is 0 Å². The lowest BCUT2D eigenvalue weighted by Crippen LogP contribution is -2.12. The summed E-state index contributed by atoms with van der Waals surface area (Å²) in [7, 11) is 1.79. The first-order chi connectivity index (χ1) is 3.72. The van der Waals surface area contributed by atoms with Gasteiger partial charge in [-0.3, -0.25) is 0 Å². The molecule has 0 rings (SSSR count). The normalized spacial score (nSPS) is 8.25. The van der Waals surface area contributed by atoms with Crippen molar-refractivity contribution in [1.29, 1.82) is 0 Å². The van der Waals surface area contributed by atoms with Gasteiger partial charge in [0.05, 0.1) is 0 Å². The Balaban J connectivity index is 3.64. The van der Waals surface area contributed by atoms with Gasteiger partial charge in [-0.15, -0.1) is 0 Å². The summed E-state index contributed by atoms with van der Waals surface area (Å²) in [4.78, 5) is 0. The molecule has 0 unspecified atom stereocenters. The van der Waals surface area contributed by atoms with Crippen LogP contribution in [0.2, 0.25) is 0 Å². The van der Waals surface area contributed by atoms with Crippen LogP contribution < -0.4 is 11.1 Å². The van der Waals surface area contributed by atoms with Crippen LogP contribution in [0.1, 0.15) is 0 Å². The first kappa shape index (κ1) is 7.24. The lowest BCUT2D eigenvalue weighted by molar-refractivity contribution is 0.980. The molecule has 8 heavy (non-hydrogen) atoms. The molecule has 0 bridgehead atoms. The molecule has 2 heteroatoms. The van der Waals surface area contributed by atoms with Crippen LogP contribution in [0, 0.1) is 0 Å². The number of likely N-dealkylation sites (N-methyl/N-ethyl adjacent to an activating group) is 1. The van der Waals surface area contributed by atoms with E-state index in [9.17, 15) is 0 Å². The van der Waals surface area contributed by atoms with E-state index in [4.69, 9.17) is 5.73 Å². The fourth-order valence-corrected chi connectivity index (χ4v) is 0.300. The van der Waals surface area contributed by atoms with Gasteiger partial charge in [-0.05, 0) is 5.57 Å². The van der Waals surface area contributed by atoms with Crippen molar-refractivity contribution >= 4 is 0 Å². The van der Waals surface area contributed by atoms with E-state index in [1.165, 1.54) is 0 Å². The first-order valence-corrected chi connectivity index (χ1v) is 2.47. The van der Waals surface area contributed by atoms with E-state index in [0.717, 1.165) is 11.3 Å². The molecule has 0 atom stereocenters. The van der Waals surface area contributed by atoms with E-state index >= 15 is 0 Å². The fraction of sp³-hybridized carbons (Fsp3) is 0.333. The zero-order valence-corrected chi connectivity index (χ0v) is 5.20. The zero-order valence-electron chi connectivity index (χ0n) is 5.20. The Morgan fingerprint density at radius 3 is 2.25 bits per heavy atom. The van der Waals surface area contributed by atoms with E-state index in [1.54, 1.807) is 7.05 Å². The highest BCUT2D eigenvalue weighted by Gasteiger charge is 1.90. The third-order valence-electron chi connectivity index (χ3n) is 0.975. The fourth-order valence-electron chi connectivity index (χ4n) is 0.300. The molecule has 0 aromatic heterocycles. The molecule has 0 aromatic rings. The van der Waals surface area contributed by atoms with Gasteiger partial charge in [0.1, 0.15) is 0 Å². The Hall–Kier alpha value is -0.760. The predicted octanol–water partition coefficient (Wildman–Crippen LogP) is 0.234. The Kier molecular flexibility index (Phi) is 2.96. The summed E-state index contributed by atoms with van der Waals surface area (Å²) in [5.74, 6) is 0. The quantitative estimate of drug-likeness (QED) is 0.513. The summed E-state index contributed by atoms with van der Waals surface area (Å²) in [6, 6.07) is 0. The van der Waals surface area contributed by atoms with Crippen LogP contribution >= 0.6 is 0 Å². The van der Waals surface area contributed by atoms with Crippen LogP contribution in [-0.2, 0) is 0 Å². The molecule has 3 N–H and O–H groups in total. The van der Waals surface area contributed by atoms with E-state index in [-0.39, 0.29) is 0 Å². The molecule has 46 valence electrons. The van der Waals surface area contributed by atoms with Gasteiger partial charge >= 0.3 is 0 Å². The van der Waals surface area contributed by atoms with Gasteiger partial charge in [-0.25, -0.2) is 0 Å². The van der Waals surface area contributed by atoms with E-state index in [1.807, 2.05) is 0 Å². The third-order valence-corrected chi connectivity index (χ3v) is 0.975. The summed E-state index contributed by atoms with van der Waals surface area (Å²) in [5, 5.41) is 2.84. The molecule has 0 aliphatic rings. The van der Waals surface area contributed by atoms with E-state index < -0.39 is 0 Å². The van der Waals surface area contributed by atoms with Crippen molar-refractivity contribution in [1.82, 2.24) is 5.32 Å². The van der Waals surface area contributed by atoms with Gasteiger partial charge in [-0.2, -0.15) is 0 Å². The molecular weight excluding hydrogens is 100 g/mol. The second-order valence-electron chi connectivity index (χ2n) is 1.54. The van der Waals surface area contributed by atoms with E-state index in [2.05, 4.69) is 18.5 Å². The molecule has 0 amide bonds. The van der Waals surface area contributed by atoms with Crippen molar-refractivity contribution < 1.29 is 0 Å². The summed E-state index contributed by atoms with van der Waals surface area (Å²) in [5.41, 5.74) is 6.91. The van der Waals surface area contributed by atoms with Crippen LogP contribution in [0.3, 0.4) is 0 Å². The second kappa shape index (κ2) is 3.27. The molecular formula is C6H12N2. The Labute approximate surface area is 50.1 Å². The van der Waals surface area contributed by atoms with Gasteiger partial charge in [0, 0.05) is 19.3 Å². The molecule has 0 fully saturated rings. The monoisotopic (exact) mass is 112 g/mol. The summed E-state index contributed by atoms with van der Waals surface area (Å²) < 4.78 is 0. The molecule has 0 aliphatic carbocycles. The second-order valence-corrected chi connectivity index (χ2v) is 1.54. The average molecular weight is 112 g/mol. The summed E-state index contributed by atoms with van der Waals surface area (Å²) in [6.45, 7) is 7.78. The molecule has 0 saturated heterocycles. The smallest absolute Gasteiger partial charge is 0.0304 e. The van der Waals surface area contributed by atoms with Crippen LogP contribution in [-0.4, -0.2) is 13.6 Å². The van der Waals surface area contributed by atoms with Crippen LogP contribution in [0.25, 0.3) is 0 Å². The number of hydrogen-bond donors (Lipinski definition) is 2. The van der Waals surface area contributed by atoms with Crippen LogP contribution in [0.15, 0.2) is 24.4 Å². The van der Waals surface area contributed by atoms with Gasteiger partial charge < -0.3 is 11.1 Å². The SMILES string of the molecule is C=C(CN)C(=C)NC. The molecule has 2 nitrogen and oxygen atoms in total. The van der Waals surface area contributed by atoms with Gasteiger partial charge in [-0.1, -0.05) is 13.2 Å². The predicted molar refractivity (Wildman–Crippen MR) is 36.4 cm³/mol. The molecule has 0 saturated carbocycles. The Morgan fingerprint density at radius 2 is 2.12 bits per heavy atom. The van der Waals surface area contributed by atoms with Gasteiger partial charge in [0.15, 0.2) is 0 Å². The van der Waals surface area contributed by atoms with Crippen molar-refractivity contribution in [2.24, 2.45) is 5.73 Å². The Bertz CT molecular complexity index is 91.1. The highest BCUT2D eigenvalue weighted by molar-refractivity contribution is 5.23. The maximum atomic E-state index is 5.25. The number of hydrogen-bond acceptors (Lipinski definition) is 2. The summed E-state index contributed by atoms with van der Waals surface area (Å²) in [6.07, 6.45) is 0. The molecule has 0 aliphatic heterocycles. The average Bonchev–Trinajstić information content (AvgIpc) is 1.84. The largest absolute Gasteiger partial charge is 0.388 e. The lowest BCUT2D eigenvalue weighted by Gasteiger charge is -2.03. The lowest BCUT2D eigenvalue weighted by atomic mass is 10.2. The number of nitrogens with two attached hydrogens (primary N) is 1. The maximum absolute atomic E-state index is 5.25. The van der Waals surface area contributed by atoms with E-state index in [0.29, 0.717) is 6.54 Å². The van der Waals surface area contributed by atoms with Crippen molar-refractivity contribution in [3.05, 3.63) is 24.4 Å². The zero-order chi connectivity index (χ0) is 6.57. The molecule has 0 heterocycles. The first-order valence-electron chi connectivity index (χ1n) is 2.47. The highest BCUT2D eigenvalue weighted by atomic mass is 14.8. The van der Waals surface area contributed by atoms with Gasteiger partial charge in [0.2, 0.25) is 0 Å².